The smallest absolute Gasteiger partial charge is 0.174 e. The lowest BCUT2D eigenvalue weighted by molar-refractivity contribution is -0.911. The van der Waals surface area contributed by atoms with Crippen LogP contribution in [0.5, 0.6) is 0 Å². The predicted molar refractivity (Wildman–Crippen MR) is 83.8 cm³/mol. The average molecular weight is 319 g/mol. The molecule has 6 heteroatoms. The largest absolute Gasteiger partial charge is 0.748 e. The van der Waals surface area contributed by atoms with E-state index >= 15 is 0 Å². The lowest BCUT2D eigenvalue weighted by atomic mass is 9.92. The van der Waals surface area contributed by atoms with Gasteiger partial charge < -0.3 is 9.04 Å². The average Bonchev–Trinajstić information content (AvgIpc) is 2.78. The number of carbonyl (C=O) groups is 1. The highest BCUT2D eigenvalue weighted by atomic mass is 32.2. The molecule has 0 spiro atoms. The number of nitrogens with zero attached hydrogens (tertiary/aromatic N) is 1. The standard InChI is InChI=1S/C13H25NO4S.C2H4/c1-3-12-10-14(7-8-15,11-13(12)4-2)6-5-9-19(16,17)18;1-2/h8,12-13H,3-7,9-11H2,1-2H3;1-2H2. The van der Waals surface area contributed by atoms with Crippen LogP contribution in [0.25, 0.3) is 0 Å². The second kappa shape index (κ2) is 9.33. The van der Waals surface area contributed by atoms with Crippen LogP contribution >= 0.6 is 0 Å². The number of quaternary nitrogens is 1. The minimum absolute atomic E-state index is 0.320. The summed E-state index contributed by atoms with van der Waals surface area (Å²) in [5, 5.41) is 0. The molecule has 2 unspecified atom stereocenters. The minimum Gasteiger partial charge on any atom is -0.748 e. The number of aldehydes is 1. The highest BCUT2D eigenvalue weighted by molar-refractivity contribution is 7.85. The van der Waals surface area contributed by atoms with Crippen LogP contribution in [0.4, 0.5) is 0 Å². The van der Waals surface area contributed by atoms with Gasteiger partial charge in [0.15, 0.2) is 6.29 Å². The third kappa shape index (κ3) is 6.72. The van der Waals surface area contributed by atoms with Crippen molar-refractivity contribution in [3.05, 3.63) is 13.2 Å². The summed E-state index contributed by atoms with van der Waals surface area (Å²) in [6, 6.07) is 0. The van der Waals surface area contributed by atoms with E-state index in [4.69, 9.17) is 0 Å². The fraction of sp³-hybridized carbons (Fsp3) is 0.800. The van der Waals surface area contributed by atoms with Crippen molar-refractivity contribution < 1.29 is 22.2 Å². The van der Waals surface area contributed by atoms with E-state index in [0.29, 0.717) is 35.8 Å². The third-order valence-electron chi connectivity index (χ3n) is 4.45. The van der Waals surface area contributed by atoms with Gasteiger partial charge in [-0.25, -0.2) is 8.42 Å². The van der Waals surface area contributed by atoms with E-state index in [1.165, 1.54) is 0 Å². The van der Waals surface area contributed by atoms with Crippen LogP contribution < -0.4 is 0 Å². The zero-order chi connectivity index (χ0) is 16.5. The summed E-state index contributed by atoms with van der Waals surface area (Å²) in [5.41, 5.74) is 0. The molecule has 124 valence electrons. The predicted octanol–water partition coefficient (Wildman–Crippen LogP) is 1.81. The Labute approximate surface area is 129 Å². The number of likely N-dealkylation sites (tertiary alicyclic amines) is 1. The van der Waals surface area contributed by atoms with Gasteiger partial charge in [0.1, 0.15) is 6.54 Å². The SMILES string of the molecule is C=C.CCC1C[N+](CC=O)(CCCS(=O)(=O)[O-])CC1CC. The zero-order valence-corrected chi connectivity index (χ0v) is 14.1. The Morgan fingerprint density at radius 3 is 2.00 bits per heavy atom. The van der Waals surface area contributed by atoms with Crippen molar-refractivity contribution in [2.75, 3.05) is 31.9 Å². The van der Waals surface area contributed by atoms with Crippen molar-refractivity contribution in [2.24, 2.45) is 11.8 Å². The van der Waals surface area contributed by atoms with Crippen LogP contribution in [0.15, 0.2) is 13.2 Å². The van der Waals surface area contributed by atoms with E-state index in [1.54, 1.807) is 0 Å². The van der Waals surface area contributed by atoms with Gasteiger partial charge in [0.25, 0.3) is 0 Å². The molecule has 0 saturated carbocycles. The van der Waals surface area contributed by atoms with Crippen LogP contribution in [-0.4, -0.2) is 55.7 Å². The van der Waals surface area contributed by atoms with Crippen molar-refractivity contribution in [2.45, 2.75) is 33.1 Å². The molecule has 0 aromatic carbocycles. The Kier molecular flexibility index (Phi) is 9.01. The van der Waals surface area contributed by atoms with Gasteiger partial charge in [0, 0.05) is 24.0 Å². The highest BCUT2D eigenvalue weighted by Crippen LogP contribution is 2.34. The molecule has 21 heavy (non-hydrogen) atoms. The third-order valence-corrected chi connectivity index (χ3v) is 5.24. The molecule has 5 nitrogen and oxygen atoms in total. The van der Waals surface area contributed by atoms with E-state index in [-0.39, 0.29) is 5.75 Å². The van der Waals surface area contributed by atoms with Crippen LogP contribution in [0.2, 0.25) is 0 Å². The maximum atomic E-state index is 10.9. The van der Waals surface area contributed by atoms with Gasteiger partial charge in [-0.3, -0.25) is 4.79 Å². The topological polar surface area (TPSA) is 74.3 Å². The Hall–Kier alpha value is -0.720. The quantitative estimate of drug-likeness (QED) is 0.296. The molecule has 0 N–H and O–H groups in total. The van der Waals surface area contributed by atoms with Gasteiger partial charge in [0.05, 0.1) is 29.8 Å². The van der Waals surface area contributed by atoms with Crippen LogP contribution in [0, 0.1) is 11.8 Å². The van der Waals surface area contributed by atoms with Crippen LogP contribution in [0.3, 0.4) is 0 Å². The molecule has 2 atom stereocenters. The van der Waals surface area contributed by atoms with Crippen molar-refractivity contribution in [3.8, 4) is 0 Å². The lowest BCUT2D eigenvalue weighted by Crippen LogP contribution is -2.48. The first-order chi connectivity index (χ1) is 9.86. The van der Waals surface area contributed by atoms with Crippen molar-refractivity contribution in [1.29, 1.82) is 0 Å². The molecule has 0 bridgehead atoms. The summed E-state index contributed by atoms with van der Waals surface area (Å²) < 4.78 is 32.7. The van der Waals surface area contributed by atoms with Crippen molar-refractivity contribution >= 4 is 16.4 Å². The molecule has 0 aliphatic carbocycles. The summed E-state index contributed by atoms with van der Waals surface area (Å²) in [5.74, 6) is 0.891. The molecule has 1 heterocycles. The molecule has 1 aliphatic heterocycles. The number of hydrogen-bond acceptors (Lipinski definition) is 4. The fourth-order valence-electron chi connectivity index (χ4n) is 3.45. The van der Waals surface area contributed by atoms with Gasteiger partial charge in [-0.05, 0) is 12.8 Å². The Morgan fingerprint density at radius 1 is 1.19 bits per heavy atom. The Morgan fingerprint density at radius 2 is 1.67 bits per heavy atom. The fourth-order valence-corrected chi connectivity index (χ4v) is 3.93. The first-order valence-electron chi connectivity index (χ1n) is 7.58. The van der Waals surface area contributed by atoms with E-state index in [1.807, 2.05) is 0 Å². The monoisotopic (exact) mass is 319 g/mol. The highest BCUT2D eigenvalue weighted by Gasteiger charge is 2.42. The van der Waals surface area contributed by atoms with Gasteiger partial charge in [0.2, 0.25) is 0 Å². The van der Waals surface area contributed by atoms with Gasteiger partial charge in [-0.2, -0.15) is 0 Å². The minimum atomic E-state index is -4.14. The normalized spacial score (nSPS) is 28.7. The molecular weight excluding hydrogens is 290 g/mol. The summed E-state index contributed by atoms with van der Waals surface area (Å²) in [6.07, 6.45) is 3.47. The van der Waals surface area contributed by atoms with Gasteiger partial charge in [-0.15, -0.1) is 13.2 Å². The molecule has 1 fully saturated rings. The maximum absolute atomic E-state index is 10.9. The van der Waals surface area contributed by atoms with Gasteiger partial charge in [-0.1, -0.05) is 13.8 Å². The van der Waals surface area contributed by atoms with Crippen molar-refractivity contribution in [3.63, 3.8) is 0 Å². The lowest BCUT2D eigenvalue weighted by Gasteiger charge is -2.33. The molecular formula is C15H29NO4S. The van der Waals surface area contributed by atoms with E-state index in [2.05, 4.69) is 27.0 Å². The molecule has 0 radical (unpaired) electrons. The first-order valence-corrected chi connectivity index (χ1v) is 9.16. The molecule has 1 rings (SSSR count). The Balaban J connectivity index is 0.00000191. The zero-order valence-electron chi connectivity index (χ0n) is 13.3. The summed E-state index contributed by atoms with van der Waals surface area (Å²) >= 11 is 0. The Bertz CT molecular complexity index is 396. The molecule has 0 aromatic heterocycles. The first kappa shape index (κ1) is 20.3. The summed E-state index contributed by atoms with van der Waals surface area (Å²) in [7, 11) is -4.14. The summed E-state index contributed by atoms with van der Waals surface area (Å²) in [4.78, 5) is 10.9. The number of rotatable bonds is 8. The number of carbonyl (C=O) groups excluding carboxylic acids is 1. The second-order valence-electron chi connectivity index (χ2n) is 5.73. The summed E-state index contributed by atoms with van der Waals surface area (Å²) in [6.45, 7) is 13.3. The van der Waals surface area contributed by atoms with Crippen molar-refractivity contribution in [1.82, 2.24) is 0 Å². The van der Waals surface area contributed by atoms with Gasteiger partial charge >= 0.3 is 0 Å². The van der Waals surface area contributed by atoms with E-state index in [9.17, 15) is 17.8 Å². The molecule has 1 saturated heterocycles. The van der Waals surface area contributed by atoms with E-state index < -0.39 is 10.1 Å². The number of hydrogen-bond donors (Lipinski definition) is 0. The molecule has 1 aliphatic rings. The molecule has 0 amide bonds. The molecule has 0 aromatic rings. The second-order valence-corrected chi connectivity index (χ2v) is 7.26. The maximum Gasteiger partial charge on any atom is 0.174 e. The van der Waals surface area contributed by atoms with E-state index in [0.717, 1.165) is 32.2 Å². The van der Waals surface area contributed by atoms with Crippen LogP contribution in [0.1, 0.15) is 33.1 Å². The van der Waals surface area contributed by atoms with Crippen LogP contribution in [-0.2, 0) is 14.9 Å².